The number of hydrogen-bond acceptors (Lipinski definition) is 3. The molecule has 0 fully saturated rings. The van der Waals surface area contributed by atoms with Gasteiger partial charge in [-0.1, -0.05) is 18.2 Å². The van der Waals surface area contributed by atoms with Gasteiger partial charge in [0.1, 0.15) is 6.04 Å². The first-order valence-corrected chi connectivity index (χ1v) is 6.94. The molecule has 0 aliphatic rings. The molecule has 0 saturated heterocycles. The predicted molar refractivity (Wildman–Crippen MR) is 85.2 cm³/mol. The highest BCUT2D eigenvalue weighted by atomic mass is 16.2. The van der Waals surface area contributed by atoms with Gasteiger partial charge in [-0.15, -0.1) is 0 Å². The van der Waals surface area contributed by atoms with Gasteiger partial charge in [0.25, 0.3) is 0 Å². The number of nitrogens with one attached hydrogen (secondary N) is 1. The molecule has 0 aliphatic carbocycles. The van der Waals surface area contributed by atoms with E-state index in [0.717, 1.165) is 22.4 Å². The maximum absolute atomic E-state index is 12.6. The van der Waals surface area contributed by atoms with Gasteiger partial charge >= 0.3 is 0 Å². The summed E-state index contributed by atoms with van der Waals surface area (Å²) < 4.78 is 0. The van der Waals surface area contributed by atoms with E-state index in [2.05, 4.69) is 10.3 Å². The topological polar surface area (TPSA) is 45.2 Å². The summed E-state index contributed by atoms with van der Waals surface area (Å²) in [5.41, 5.74) is 3.99. The highest BCUT2D eigenvalue weighted by molar-refractivity contribution is 5.96. The number of pyridine rings is 1. The molecule has 21 heavy (non-hydrogen) atoms. The third-order valence-electron chi connectivity index (χ3n) is 3.63. The molecule has 1 heterocycles. The van der Waals surface area contributed by atoms with Gasteiger partial charge in [-0.3, -0.25) is 14.7 Å². The summed E-state index contributed by atoms with van der Waals surface area (Å²) in [5, 5.41) is 3.02. The highest BCUT2D eigenvalue weighted by Gasteiger charge is 2.23. The molecule has 0 radical (unpaired) electrons. The number of aromatic nitrogens is 1. The summed E-state index contributed by atoms with van der Waals surface area (Å²) in [6.45, 7) is 4.05. The lowest BCUT2D eigenvalue weighted by molar-refractivity contribution is -0.120. The third kappa shape index (κ3) is 3.47. The smallest absolute Gasteiger partial charge is 0.246 e. The maximum atomic E-state index is 12.6. The molecule has 1 amide bonds. The van der Waals surface area contributed by atoms with E-state index >= 15 is 0 Å². The minimum absolute atomic E-state index is 0.0540. The van der Waals surface area contributed by atoms with Gasteiger partial charge in [-0.2, -0.15) is 0 Å². The van der Waals surface area contributed by atoms with E-state index in [4.69, 9.17) is 0 Å². The molecule has 4 nitrogen and oxygen atoms in total. The average Bonchev–Trinajstić information content (AvgIpc) is 2.45. The van der Waals surface area contributed by atoms with Crippen LogP contribution in [-0.2, 0) is 4.79 Å². The van der Waals surface area contributed by atoms with Crippen molar-refractivity contribution >= 4 is 11.6 Å². The highest BCUT2D eigenvalue weighted by Crippen LogP contribution is 2.22. The van der Waals surface area contributed by atoms with Crippen molar-refractivity contribution in [3.05, 3.63) is 59.4 Å². The fourth-order valence-corrected chi connectivity index (χ4v) is 2.31. The van der Waals surface area contributed by atoms with Crippen molar-refractivity contribution in [1.82, 2.24) is 9.88 Å². The Bertz CT molecular complexity index is 623. The second kappa shape index (κ2) is 6.50. The number of rotatable bonds is 4. The number of likely N-dealkylation sites (N-methyl/N-ethyl adjacent to an activating group) is 1. The molecule has 1 N–H and O–H groups in total. The van der Waals surface area contributed by atoms with Gasteiger partial charge < -0.3 is 5.32 Å². The Morgan fingerprint density at radius 3 is 2.57 bits per heavy atom. The van der Waals surface area contributed by atoms with Crippen LogP contribution in [0.2, 0.25) is 0 Å². The summed E-state index contributed by atoms with van der Waals surface area (Å²) in [7, 11) is 3.78. The molecule has 0 spiro atoms. The normalized spacial score (nSPS) is 12.2. The van der Waals surface area contributed by atoms with Crippen LogP contribution in [0.3, 0.4) is 0 Å². The first kappa shape index (κ1) is 15.2. The number of carbonyl (C=O) groups excluding carboxylic acids is 1. The van der Waals surface area contributed by atoms with Crippen LogP contribution in [0, 0.1) is 13.8 Å². The number of benzene rings is 1. The summed E-state index contributed by atoms with van der Waals surface area (Å²) >= 11 is 0. The zero-order chi connectivity index (χ0) is 15.4. The van der Waals surface area contributed by atoms with E-state index in [1.165, 1.54) is 0 Å². The lowest BCUT2D eigenvalue weighted by atomic mass is 10.1. The lowest BCUT2D eigenvalue weighted by Crippen LogP contribution is -2.32. The van der Waals surface area contributed by atoms with Gasteiger partial charge in [0.2, 0.25) is 5.91 Å². The number of aryl methyl sites for hydroxylation is 1. The van der Waals surface area contributed by atoms with Gasteiger partial charge in [-0.05, 0) is 56.8 Å². The second-order valence-corrected chi connectivity index (χ2v) is 5.39. The number of nitrogens with zero attached hydrogens (tertiary/aromatic N) is 2. The second-order valence-electron chi connectivity index (χ2n) is 5.39. The van der Waals surface area contributed by atoms with Crippen LogP contribution in [0.15, 0.2) is 42.7 Å². The lowest BCUT2D eigenvalue weighted by Gasteiger charge is -2.24. The monoisotopic (exact) mass is 283 g/mol. The molecule has 110 valence electrons. The van der Waals surface area contributed by atoms with E-state index in [0.29, 0.717) is 0 Å². The molecular formula is C17H21N3O. The number of anilines is 1. The Morgan fingerprint density at radius 1 is 1.19 bits per heavy atom. The first-order valence-electron chi connectivity index (χ1n) is 6.94. The fourth-order valence-electron chi connectivity index (χ4n) is 2.31. The Balaban J connectivity index is 2.26. The van der Waals surface area contributed by atoms with Crippen molar-refractivity contribution in [3.8, 4) is 0 Å². The van der Waals surface area contributed by atoms with Crippen LogP contribution in [-0.4, -0.2) is 29.9 Å². The summed E-state index contributed by atoms with van der Waals surface area (Å²) in [6.07, 6.45) is 3.44. The van der Waals surface area contributed by atoms with Crippen molar-refractivity contribution in [2.45, 2.75) is 19.9 Å². The van der Waals surface area contributed by atoms with Crippen LogP contribution in [0.1, 0.15) is 22.7 Å². The molecule has 1 aromatic heterocycles. The van der Waals surface area contributed by atoms with Gasteiger partial charge in [0.15, 0.2) is 0 Å². The Labute approximate surface area is 125 Å². The largest absolute Gasteiger partial charge is 0.324 e. The molecule has 1 atom stereocenters. The van der Waals surface area contributed by atoms with Crippen LogP contribution < -0.4 is 5.32 Å². The summed E-state index contributed by atoms with van der Waals surface area (Å²) in [5.74, 6) is -0.0540. The molecule has 4 heteroatoms. The maximum Gasteiger partial charge on any atom is 0.246 e. The third-order valence-corrected chi connectivity index (χ3v) is 3.63. The van der Waals surface area contributed by atoms with Crippen LogP contribution in [0.25, 0.3) is 0 Å². The van der Waals surface area contributed by atoms with E-state index in [1.807, 2.05) is 63.2 Å². The molecule has 1 unspecified atom stereocenters. The average molecular weight is 283 g/mol. The number of carbonyl (C=O) groups is 1. The van der Waals surface area contributed by atoms with Crippen molar-refractivity contribution < 1.29 is 4.79 Å². The Kier molecular flexibility index (Phi) is 4.70. The van der Waals surface area contributed by atoms with Crippen molar-refractivity contribution in [2.24, 2.45) is 0 Å². The van der Waals surface area contributed by atoms with Crippen LogP contribution in [0.5, 0.6) is 0 Å². The standard InChI is InChI=1S/C17H21N3O/c1-12-7-5-9-15(13(12)2)19-17(21)16(20(3)4)14-8-6-10-18-11-14/h5-11,16H,1-4H3,(H,19,21). The van der Waals surface area contributed by atoms with Gasteiger partial charge in [-0.25, -0.2) is 0 Å². The quantitative estimate of drug-likeness (QED) is 0.938. The zero-order valence-electron chi connectivity index (χ0n) is 12.9. The Morgan fingerprint density at radius 2 is 1.95 bits per heavy atom. The van der Waals surface area contributed by atoms with E-state index < -0.39 is 0 Å². The van der Waals surface area contributed by atoms with Crippen LogP contribution >= 0.6 is 0 Å². The molecule has 0 bridgehead atoms. The number of hydrogen-bond donors (Lipinski definition) is 1. The zero-order valence-corrected chi connectivity index (χ0v) is 12.9. The Hall–Kier alpha value is -2.20. The number of amides is 1. The molecule has 0 aliphatic heterocycles. The van der Waals surface area contributed by atoms with Crippen LogP contribution in [0.4, 0.5) is 5.69 Å². The van der Waals surface area contributed by atoms with Crippen molar-refractivity contribution in [1.29, 1.82) is 0 Å². The molecule has 2 rings (SSSR count). The molecule has 2 aromatic rings. The first-order chi connectivity index (χ1) is 10.0. The molecular weight excluding hydrogens is 262 g/mol. The fraction of sp³-hybridized carbons (Fsp3) is 0.294. The van der Waals surface area contributed by atoms with Crippen molar-refractivity contribution in [3.63, 3.8) is 0 Å². The van der Waals surface area contributed by atoms with E-state index in [1.54, 1.807) is 12.4 Å². The minimum atomic E-state index is -0.362. The van der Waals surface area contributed by atoms with Gasteiger partial charge in [0.05, 0.1) is 0 Å². The predicted octanol–water partition coefficient (Wildman–Crippen LogP) is 2.94. The SMILES string of the molecule is Cc1cccc(NC(=O)C(c2cccnc2)N(C)C)c1C. The minimum Gasteiger partial charge on any atom is -0.324 e. The van der Waals surface area contributed by atoms with Crippen molar-refractivity contribution in [2.75, 3.05) is 19.4 Å². The van der Waals surface area contributed by atoms with E-state index in [9.17, 15) is 4.79 Å². The summed E-state index contributed by atoms with van der Waals surface area (Å²) in [6, 6.07) is 9.31. The molecule has 0 saturated carbocycles. The van der Waals surface area contributed by atoms with Gasteiger partial charge in [0, 0.05) is 18.1 Å². The van der Waals surface area contributed by atoms with E-state index in [-0.39, 0.29) is 11.9 Å². The summed E-state index contributed by atoms with van der Waals surface area (Å²) in [4.78, 5) is 18.6. The molecule has 1 aromatic carbocycles.